The largest absolute Gasteiger partial charge is 0.492 e. The van der Waals surface area contributed by atoms with E-state index < -0.39 is 11.2 Å². The van der Waals surface area contributed by atoms with Crippen LogP contribution < -0.4 is 25.0 Å². The first-order valence-corrected chi connectivity index (χ1v) is 13.5. The first-order valence-electron chi connectivity index (χ1n) is 13.5. The number of morpholine rings is 1. The van der Waals surface area contributed by atoms with Crippen molar-refractivity contribution in [3.63, 3.8) is 0 Å². The number of nitrogens with zero attached hydrogens (tertiary/aromatic N) is 5. The van der Waals surface area contributed by atoms with Crippen molar-refractivity contribution >= 4 is 23.4 Å². The summed E-state index contributed by atoms with van der Waals surface area (Å²) in [5, 5.41) is 0. The highest BCUT2D eigenvalue weighted by atomic mass is 19.1. The molecule has 1 amide bonds. The number of rotatable bonds is 5. The van der Waals surface area contributed by atoms with Crippen LogP contribution in [0.2, 0.25) is 0 Å². The Labute approximate surface area is 221 Å². The van der Waals surface area contributed by atoms with Crippen LogP contribution in [0.5, 0.6) is 5.75 Å². The van der Waals surface area contributed by atoms with Gasteiger partial charge in [-0.2, -0.15) is 4.98 Å². The number of hydrogen-bond acceptors (Lipinski definition) is 8. The maximum atomic E-state index is 15.6. The summed E-state index contributed by atoms with van der Waals surface area (Å²) in [6, 6.07) is 3.20. The minimum Gasteiger partial charge on any atom is -0.492 e. The zero-order valence-corrected chi connectivity index (χ0v) is 22.1. The lowest BCUT2D eigenvalue weighted by Crippen LogP contribution is -2.49. The van der Waals surface area contributed by atoms with Gasteiger partial charge in [0.2, 0.25) is 11.9 Å². The number of likely N-dealkylation sites (N-methyl/N-ethyl adjacent to an activating group) is 1. The van der Waals surface area contributed by atoms with Crippen LogP contribution >= 0.6 is 0 Å². The topological polar surface area (TPSA) is 94.2 Å². The molecule has 2 fully saturated rings. The summed E-state index contributed by atoms with van der Waals surface area (Å²) in [7, 11) is 3.66. The predicted octanol–water partition coefficient (Wildman–Crippen LogP) is 1.52. The number of halogens is 1. The van der Waals surface area contributed by atoms with Crippen LogP contribution in [0.25, 0.3) is 0 Å². The first kappa shape index (κ1) is 25.1. The Morgan fingerprint density at radius 1 is 1.11 bits per heavy atom. The fourth-order valence-corrected chi connectivity index (χ4v) is 6.37. The third kappa shape index (κ3) is 4.21. The number of nitrogens with one attached hydrogen (secondary N) is 1. The Balaban J connectivity index is 1.19. The summed E-state index contributed by atoms with van der Waals surface area (Å²) >= 11 is 0. The van der Waals surface area contributed by atoms with Crippen molar-refractivity contribution in [2.24, 2.45) is 0 Å². The van der Waals surface area contributed by atoms with E-state index >= 15 is 4.39 Å². The Bertz CT molecular complexity index is 1290. The number of anilines is 3. The first-order chi connectivity index (χ1) is 18.4. The Kier molecular flexibility index (Phi) is 6.51. The number of hydrogen-bond donors (Lipinski definition) is 1. The van der Waals surface area contributed by atoms with Gasteiger partial charge in [0, 0.05) is 71.1 Å². The maximum absolute atomic E-state index is 15.6. The van der Waals surface area contributed by atoms with Gasteiger partial charge in [-0.25, -0.2) is 4.39 Å². The number of fused-ring (bicyclic) bond motifs is 3. The van der Waals surface area contributed by atoms with E-state index in [2.05, 4.69) is 9.88 Å². The Morgan fingerprint density at radius 3 is 2.63 bits per heavy atom. The molecule has 0 radical (unpaired) electrons. The van der Waals surface area contributed by atoms with Crippen LogP contribution in [0.4, 0.5) is 21.8 Å². The molecule has 0 aliphatic carbocycles. The summed E-state index contributed by atoms with van der Waals surface area (Å²) in [6.07, 6.45) is 2.53. The summed E-state index contributed by atoms with van der Waals surface area (Å²) in [5.74, 6) is 1.18. The second-order valence-corrected chi connectivity index (χ2v) is 10.8. The number of ether oxygens (including phenoxy) is 2. The molecule has 4 aliphatic rings. The van der Waals surface area contributed by atoms with Crippen LogP contribution in [-0.4, -0.2) is 94.0 Å². The molecule has 1 spiro atoms. The van der Waals surface area contributed by atoms with Gasteiger partial charge in [-0.05, 0) is 25.7 Å². The molecule has 4 aliphatic heterocycles. The molecule has 204 valence electrons. The van der Waals surface area contributed by atoms with Gasteiger partial charge in [0.15, 0.2) is 0 Å². The lowest BCUT2D eigenvalue weighted by atomic mass is 9.73. The van der Waals surface area contributed by atoms with Gasteiger partial charge >= 0.3 is 0 Å². The van der Waals surface area contributed by atoms with Crippen LogP contribution in [0.3, 0.4) is 0 Å². The lowest BCUT2D eigenvalue weighted by molar-refractivity contribution is -0.123. The molecule has 0 bridgehead atoms. The molecule has 1 aromatic heterocycles. The monoisotopic (exact) mass is 526 g/mol. The van der Waals surface area contributed by atoms with Crippen molar-refractivity contribution < 1.29 is 18.7 Å². The summed E-state index contributed by atoms with van der Waals surface area (Å²) in [6.45, 7) is 6.19. The number of piperidine rings is 1. The van der Waals surface area contributed by atoms with E-state index in [4.69, 9.17) is 14.5 Å². The van der Waals surface area contributed by atoms with Crippen molar-refractivity contribution in [2.45, 2.75) is 31.1 Å². The highest BCUT2D eigenvalue weighted by Gasteiger charge is 2.53. The fourth-order valence-electron chi connectivity index (χ4n) is 6.37. The maximum Gasteiger partial charge on any atom is 0.257 e. The predicted molar refractivity (Wildman–Crippen MR) is 142 cm³/mol. The van der Waals surface area contributed by atoms with E-state index in [-0.39, 0.29) is 11.5 Å². The zero-order valence-electron chi connectivity index (χ0n) is 22.1. The molecule has 0 unspecified atom stereocenters. The molecule has 2 saturated heterocycles. The highest BCUT2D eigenvalue weighted by molar-refractivity contribution is 6.08. The summed E-state index contributed by atoms with van der Waals surface area (Å²) < 4.78 is 26.9. The van der Waals surface area contributed by atoms with E-state index in [0.717, 1.165) is 63.6 Å². The third-order valence-electron chi connectivity index (χ3n) is 8.56. The van der Waals surface area contributed by atoms with Gasteiger partial charge in [0.25, 0.3) is 5.56 Å². The molecule has 6 rings (SSSR count). The molecule has 10 nitrogen and oxygen atoms in total. The zero-order chi connectivity index (χ0) is 26.4. The number of aromatic nitrogens is 2. The molecule has 5 heterocycles. The van der Waals surface area contributed by atoms with Gasteiger partial charge in [0.1, 0.15) is 24.0 Å². The van der Waals surface area contributed by atoms with E-state index in [1.807, 2.05) is 16.8 Å². The van der Waals surface area contributed by atoms with E-state index in [0.29, 0.717) is 55.5 Å². The number of amides is 1. The normalized spacial score (nSPS) is 21.1. The fraction of sp³-hybridized carbons (Fsp3) is 0.593. The van der Waals surface area contributed by atoms with Crippen LogP contribution in [0.1, 0.15) is 30.4 Å². The molecule has 2 aromatic rings. The minimum absolute atomic E-state index is 0.0943. The van der Waals surface area contributed by atoms with Crippen LogP contribution in [0, 0.1) is 5.82 Å². The molecular formula is C27H35FN6O4. The SMILES string of the molecule is CN1CCCc2c1nc(N1CCC3(CC1)C(=O)N(C)c1cc(OCCN4CCOCC4)cc(F)c13)[nH]c2=O. The number of H-pyrrole nitrogens is 1. The lowest BCUT2D eigenvalue weighted by Gasteiger charge is -2.39. The highest BCUT2D eigenvalue weighted by Crippen LogP contribution is 2.50. The van der Waals surface area contributed by atoms with Gasteiger partial charge in [0.05, 0.1) is 29.9 Å². The molecule has 1 N–H and O–H groups in total. The van der Waals surface area contributed by atoms with Crippen molar-refractivity contribution in [1.82, 2.24) is 14.9 Å². The number of carbonyl (C=O) groups is 1. The standard InChI is InChI=1S/C27H35FN6O4/c1-31-7-3-4-19-23(31)29-26(30-24(19)35)34-8-5-27(6-9-34)22-20(28)16-18(17-21(22)32(2)25(27)36)38-15-12-33-10-13-37-14-11-33/h16-17H,3-15H2,1-2H3,(H,29,30,35). The third-order valence-corrected chi connectivity index (χ3v) is 8.56. The number of benzene rings is 1. The van der Waals surface area contributed by atoms with Crippen molar-refractivity contribution in [3.05, 3.63) is 39.4 Å². The van der Waals surface area contributed by atoms with Gasteiger partial charge < -0.3 is 24.2 Å². The smallest absolute Gasteiger partial charge is 0.257 e. The molecule has 0 saturated carbocycles. The molecule has 1 aromatic carbocycles. The molecule has 11 heteroatoms. The van der Waals surface area contributed by atoms with Gasteiger partial charge in [-0.3, -0.25) is 19.5 Å². The number of aromatic amines is 1. The van der Waals surface area contributed by atoms with Gasteiger partial charge in [-0.15, -0.1) is 0 Å². The van der Waals surface area contributed by atoms with Crippen molar-refractivity contribution in [2.75, 3.05) is 87.9 Å². The quantitative estimate of drug-likeness (QED) is 0.627. The number of carbonyl (C=O) groups excluding carboxylic acids is 1. The summed E-state index contributed by atoms with van der Waals surface area (Å²) in [4.78, 5) is 41.9. The van der Waals surface area contributed by atoms with E-state index in [1.165, 1.54) is 6.07 Å². The van der Waals surface area contributed by atoms with Crippen LogP contribution in [0.15, 0.2) is 16.9 Å². The average molecular weight is 527 g/mol. The molecule has 0 atom stereocenters. The van der Waals surface area contributed by atoms with Crippen molar-refractivity contribution in [3.8, 4) is 5.75 Å². The molecule has 38 heavy (non-hydrogen) atoms. The Hall–Kier alpha value is -3.18. The van der Waals surface area contributed by atoms with Crippen molar-refractivity contribution in [1.29, 1.82) is 0 Å². The molecular weight excluding hydrogens is 491 g/mol. The second kappa shape index (κ2) is 9.85. The van der Waals surface area contributed by atoms with E-state index in [9.17, 15) is 9.59 Å². The Morgan fingerprint density at radius 2 is 1.87 bits per heavy atom. The average Bonchev–Trinajstić information content (AvgIpc) is 3.12. The van der Waals surface area contributed by atoms with E-state index in [1.54, 1.807) is 18.0 Å². The van der Waals surface area contributed by atoms with Gasteiger partial charge in [-0.1, -0.05) is 0 Å². The minimum atomic E-state index is -0.928. The second-order valence-electron chi connectivity index (χ2n) is 10.8. The summed E-state index contributed by atoms with van der Waals surface area (Å²) in [5.41, 5.74) is 0.722. The van der Waals surface area contributed by atoms with Crippen LogP contribution in [-0.2, 0) is 21.4 Å².